The molecule has 0 heterocycles. The van der Waals surface area contributed by atoms with Crippen LogP contribution in [0.3, 0.4) is 0 Å². The van der Waals surface area contributed by atoms with Gasteiger partial charge in [0.15, 0.2) is 5.96 Å². The van der Waals surface area contributed by atoms with Gasteiger partial charge in [-0.2, -0.15) is 0 Å². The molecule has 0 bridgehead atoms. The van der Waals surface area contributed by atoms with E-state index in [9.17, 15) is 9.59 Å². The van der Waals surface area contributed by atoms with Gasteiger partial charge in [-0.1, -0.05) is 45.9 Å². The Hall–Kier alpha value is -2.61. The summed E-state index contributed by atoms with van der Waals surface area (Å²) in [4.78, 5) is 27.9. The van der Waals surface area contributed by atoms with Gasteiger partial charge in [0.05, 0.1) is 0 Å². The van der Waals surface area contributed by atoms with Crippen LogP contribution in [-0.2, 0) is 9.53 Å². The largest absolute Gasteiger partial charge is 0.521 e. The van der Waals surface area contributed by atoms with Gasteiger partial charge in [-0.05, 0) is 35.8 Å². The fraction of sp³-hybridized carbons (Fsp3) is 0.526. The Morgan fingerprint density at radius 2 is 1.63 bits per heavy atom. The van der Waals surface area contributed by atoms with Crippen LogP contribution in [0.4, 0.5) is 4.79 Å². The molecule has 1 rings (SSSR count). The van der Waals surface area contributed by atoms with E-state index in [1.54, 1.807) is 0 Å². The minimum absolute atomic E-state index is 0.0282. The van der Waals surface area contributed by atoms with Crippen molar-refractivity contribution < 1.29 is 19.1 Å². The number of ether oxygens (including phenoxy) is 2. The molecule has 150 valence electrons. The second kappa shape index (κ2) is 10.5. The van der Waals surface area contributed by atoms with Gasteiger partial charge in [-0.15, -0.1) is 0 Å². The molecule has 1 aromatic carbocycles. The number of esters is 1. The van der Waals surface area contributed by atoms with Gasteiger partial charge in [0.25, 0.3) is 0 Å². The highest BCUT2D eigenvalue weighted by Crippen LogP contribution is 2.34. The molecule has 1 aromatic rings. The van der Waals surface area contributed by atoms with Gasteiger partial charge < -0.3 is 26.7 Å². The van der Waals surface area contributed by atoms with Crippen LogP contribution in [0.1, 0.15) is 63.5 Å². The van der Waals surface area contributed by atoms with E-state index < -0.39 is 18.2 Å². The van der Waals surface area contributed by atoms with E-state index >= 15 is 0 Å². The molecular formula is C19H30N4O4. The molecule has 0 aromatic heterocycles. The first-order chi connectivity index (χ1) is 12.6. The molecule has 0 unspecified atom stereocenters. The zero-order valence-electron chi connectivity index (χ0n) is 16.4. The van der Waals surface area contributed by atoms with Crippen molar-refractivity contribution >= 4 is 18.1 Å². The molecule has 6 N–H and O–H groups in total. The summed E-state index contributed by atoms with van der Waals surface area (Å²) < 4.78 is 10.1. The molecule has 0 saturated carbocycles. The maximum Gasteiger partial charge on any atom is 0.521 e. The van der Waals surface area contributed by atoms with E-state index in [1.807, 2.05) is 45.9 Å². The Morgan fingerprint density at radius 1 is 1.07 bits per heavy atom. The first kappa shape index (κ1) is 22.4. The predicted molar refractivity (Wildman–Crippen MR) is 105 cm³/mol. The van der Waals surface area contributed by atoms with E-state index in [0.717, 1.165) is 11.1 Å². The lowest BCUT2D eigenvalue weighted by Crippen LogP contribution is -2.34. The number of nitrogens with zero attached hydrogens (tertiary/aromatic N) is 1. The molecule has 0 aliphatic rings. The fourth-order valence-corrected chi connectivity index (χ4v) is 2.50. The average Bonchev–Trinajstić information content (AvgIpc) is 2.57. The van der Waals surface area contributed by atoms with Crippen molar-refractivity contribution in [3.05, 3.63) is 29.3 Å². The molecule has 0 radical (unpaired) electrons. The normalized spacial score (nSPS) is 12.0. The zero-order valence-corrected chi connectivity index (χ0v) is 16.4. The summed E-state index contributed by atoms with van der Waals surface area (Å²) in [7, 11) is 0. The van der Waals surface area contributed by atoms with Crippen molar-refractivity contribution in [1.82, 2.24) is 0 Å². The topological polar surface area (TPSA) is 143 Å². The number of nitrogens with two attached hydrogens (primary N) is 3. The number of hydrogen-bond donors (Lipinski definition) is 3. The van der Waals surface area contributed by atoms with Crippen molar-refractivity contribution in [2.45, 2.75) is 58.4 Å². The third-order valence-electron chi connectivity index (χ3n) is 3.96. The van der Waals surface area contributed by atoms with Crippen molar-refractivity contribution in [3.8, 4) is 5.75 Å². The summed E-state index contributed by atoms with van der Waals surface area (Å²) in [6.07, 6.45) is -0.325. The summed E-state index contributed by atoms with van der Waals surface area (Å²) in [6.45, 7) is 8.32. The van der Waals surface area contributed by atoms with Crippen molar-refractivity contribution in [2.24, 2.45) is 22.2 Å². The average molecular weight is 378 g/mol. The smallest absolute Gasteiger partial charge is 0.394 e. The Morgan fingerprint density at radius 3 is 2.11 bits per heavy atom. The van der Waals surface area contributed by atoms with Gasteiger partial charge in [0.1, 0.15) is 11.8 Å². The minimum atomic E-state index is -1.09. The second-order valence-corrected chi connectivity index (χ2v) is 6.90. The van der Waals surface area contributed by atoms with Crippen molar-refractivity contribution in [2.75, 3.05) is 6.54 Å². The zero-order chi connectivity index (χ0) is 20.6. The number of rotatable bonds is 8. The number of guanidine groups is 1. The summed E-state index contributed by atoms with van der Waals surface area (Å²) in [5.74, 6) is -0.168. The van der Waals surface area contributed by atoms with E-state index in [4.69, 9.17) is 26.7 Å². The molecule has 0 aliphatic carbocycles. The standard InChI is InChI=1S/C19H30N4O4/c1-11(2)13-7-5-8-14(12(3)4)16(13)26-19(25)27-17(24)15(20)9-6-10-23-18(21)22/h5,7-8,11-12,15H,6,9-10,20H2,1-4H3,(H4,21,22,23)/t15-/m0/s1. The number of carbonyl (C=O) groups excluding carboxylic acids is 2. The van der Waals surface area contributed by atoms with Crippen molar-refractivity contribution in [1.29, 1.82) is 0 Å². The van der Waals surface area contributed by atoms with Crippen LogP contribution in [0.5, 0.6) is 5.75 Å². The molecule has 27 heavy (non-hydrogen) atoms. The van der Waals surface area contributed by atoms with Crippen LogP contribution in [-0.4, -0.2) is 30.7 Å². The maximum atomic E-state index is 12.1. The number of aliphatic imine (C=N–C) groups is 1. The lowest BCUT2D eigenvalue weighted by atomic mass is 9.94. The van der Waals surface area contributed by atoms with Gasteiger partial charge in [0, 0.05) is 6.54 Å². The third-order valence-corrected chi connectivity index (χ3v) is 3.96. The SMILES string of the molecule is CC(C)c1cccc(C(C)C)c1OC(=O)OC(=O)[C@@H](N)CCCN=C(N)N. The monoisotopic (exact) mass is 378 g/mol. The Kier molecular flexibility index (Phi) is 8.74. The number of carbonyl (C=O) groups is 2. The molecule has 0 fully saturated rings. The predicted octanol–water partition coefficient (Wildman–Crippen LogP) is 2.36. The molecule has 8 heteroatoms. The fourth-order valence-electron chi connectivity index (χ4n) is 2.50. The molecule has 1 atom stereocenters. The first-order valence-corrected chi connectivity index (χ1v) is 9.00. The summed E-state index contributed by atoms with van der Waals surface area (Å²) in [5.41, 5.74) is 17.9. The van der Waals surface area contributed by atoms with E-state index in [-0.39, 0.29) is 24.2 Å². The summed E-state index contributed by atoms with van der Waals surface area (Å²) >= 11 is 0. The highest BCUT2D eigenvalue weighted by molar-refractivity contribution is 5.86. The highest BCUT2D eigenvalue weighted by atomic mass is 16.7. The van der Waals surface area contributed by atoms with Crippen LogP contribution >= 0.6 is 0 Å². The van der Waals surface area contributed by atoms with Gasteiger partial charge >= 0.3 is 12.1 Å². The van der Waals surface area contributed by atoms with Gasteiger partial charge in [0.2, 0.25) is 0 Å². The highest BCUT2D eigenvalue weighted by Gasteiger charge is 2.23. The summed E-state index contributed by atoms with van der Waals surface area (Å²) in [6, 6.07) is 4.73. The minimum Gasteiger partial charge on any atom is -0.394 e. The molecule has 0 spiro atoms. The molecule has 8 nitrogen and oxygen atoms in total. The number of para-hydroxylation sites is 1. The Bertz CT molecular complexity index is 656. The summed E-state index contributed by atoms with van der Waals surface area (Å²) in [5, 5.41) is 0. The quantitative estimate of drug-likeness (QED) is 0.157. The van der Waals surface area contributed by atoms with Gasteiger partial charge in [-0.25, -0.2) is 9.59 Å². The van der Waals surface area contributed by atoms with Gasteiger partial charge in [-0.3, -0.25) is 4.99 Å². The Labute approximate surface area is 160 Å². The van der Waals surface area contributed by atoms with Crippen LogP contribution in [0, 0.1) is 0 Å². The van der Waals surface area contributed by atoms with E-state index in [0.29, 0.717) is 18.7 Å². The van der Waals surface area contributed by atoms with Crippen LogP contribution in [0.25, 0.3) is 0 Å². The van der Waals surface area contributed by atoms with E-state index in [1.165, 1.54) is 0 Å². The molecule has 0 amide bonds. The number of hydrogen-bond acceptors (Lipinski definition) is 6. The first-order valence-electron chi connectivity index (χ1n) is 9.00. The maximum absolute atomic E-state index is 12.1. The van der Waals surface area contributed by atoms with Crippen molar-refractivity contribution in [3.63, 3.8) is 0 Å². The lowest BCUT2D eigenvalue weighted by molar-refractivity contribution is -0.140. The lowest BCUT2D eigenvalue weighted by Gasteiger charge is -2.18. The molecule has 0 aliphatic heterocycles. The van der Waals surface area contributed by atoms with Crippen LogP contribution < -0.4 is 21.9 Å². The second-order valence-electron chi connectivity index (χ2n) is 6.90. The number of benzene rings is 1. The van der Waals surface area contributed by atoms with Crippen LogP contribution in [0.2, 0.25) is 0 Å². The third kappa shape index (κ3) is 7.26. The molecule has 0 saturated heterocycles. The molecular weight excluding hydrogens is 348 g/mol. The van der Waals surface area contributed by atoms with Crippen LogP contribution in [0.15, 0.2) is 23.2 Å². The Balaban J connectivity index is 2.74. The van der Waals surface area contributed by atoms with E-state index in [2.05, 4.69) is 4.99 Å².